The van der Waals surface area contributed by atoms with Crippen LogP contribution in [0.3, 0.4) is 0 Å². The zero-order valence-corrected chi connectivity index (χ0v) is 12.7. The minimum atomic E-state index is -3.86. The Balaban J connectivity index is 2.35. The molecular formula is C14H13ClFNO3S. The number of anilines is 1. The summed E-state index contributed by atoms with van der Waals surface area (Å²) in [6.45, 7) is 1.51. The zero-order valence-electron chi connectivity index (χ0n) is 11.1. The molecule has 0 amide bonds. The number of rotatable bonds is 4. The Kier molecular flexibility index (Phi) is 4.51. The number of hydrogen-bond acceptors (Lipinski definition) is 3. The topological polar surface area (TPSA) is 66.4 Å². The van der Waals surface area contributed by atoms with E-state index in [-0.39, 0.29) is 22.2 Å². The van der Waals surface area contributed by atoms with Crippen LogP contribution < -0.4 is 4.72 Å². The first-order chi connectivity index (χ1) is 9.83. The molecule has 0 saturated heterocycles. The number of nitrogens with one attached hydrogen (secondary N) is 1. The fourth-order valence-electron chi connectivity index (χ4n) is 1.76. The van der Waals surface area contributed by atoms with Gasteiger partial charge in [0.05, 0.1) is 22.2 Å². The lowest BCUT2D eigenvalue weighted by Crippen LogP contribution is -2.13. The second-order valence-electron chi connectivity index (χ2n) is 4.48. The standard InChI is InChI=1S/C14H13ClFNO3S/c1-9-2-4-12(6-10(9)8-18)21(19,20)17-11-3-5-13(15)14(16)7-11/h2-7,17-18H,8H2,1H3. The zero-order chi connectivity index (χ0) is 15.6. The minimum absolute atomic E-state index is 0.00694. The van der Waals surface area contributed by atoms with Crippen molar-refractivity contribution in [3.05, 3.63) is 58.4 Å². The van der Waals surface area contributed by atoms with Gasteiger partial charge in [0.15, 0.2) is 0 Å². The molecule has 0 aliphatic rings. The molecule has 0 atom stereocenters. The van der Waals surface area contributed by atoms with Crippen LogP contribution in [-0.2, 0) is 16.6 Å². The molecule has 0 aromatic heterocycles. The molecule has 2 N–H and O–H groups in total. The molecule has 21 heavy (non-hydrogen) atoms. The summed E-state index contributed by atoms with van der Waals surface area (Å²) < 4.78 is 40.1. The normalized spacial score (nSPS) is 11.4. The number of aliphatic hydroxyl groups excluding tert-OH is 1. The molecule has 7 heteroatoms. The summed E-state index contributed by atoms with van der Waals surface area (Å²) in [4.78, 5) is -0.00694. The molecule has 0 saturated carbocycles. The summed E-state index contributed by atoms with van der Waals surface area (Å²) in [5, 5.41) is 9.10. The van der Waals surface area contributed by atoms with Gasteiger partial charge in [0.1, 0.15) is 5.82 Å². The minimum Gasteiger partial charge on any atom is -0.392 e. The van der Waals surface area contributed by atoms with Crippen molar-refractivity contribution in [2.75, 3.05) is 4.72 Å². The average molecular weight is 330 g/mol. The number of aliphatic hydroxyl groups is 1. The van der Waals surface area contributed by atoms with Crippen molar-refractivity contribution in [1.29, 1.82) is 0 Å². The summed E-state index contributed by atoms with van der Waals surface area (Å²) in [6.07, 6.45) is 0. The van der Waals surface area contributed by atoms with E-state index in [0.29, 0.717) is 5.56 Å². The lowest BCUT2D eigenvalue weighted by atomic mass is 10.1. The molecule has 4 nitrogen and oxygen atoms in total. The molecular weight excluding hydrogens is 317 g/mol. The number of sulfonamides is 1. The maximum Gasteiger partial charge on any atom is 0.261 e. The van der Waals surface area contributed by atoms with E-state index in [1.54, 1.807) is 13.0 Å². The summed E-state index contributed by atoms with van der Waals surface area (Å²) in [5.41, 5.74) is 1.37. The predicted molar refractivity (Wildman–Crippen MR) is 79.3 cm³/mol. The van der Waals surface area contributed by atoms with E-state index in [9.17, 15) is 17.9 Å². The largest absolute Gasteiger partial charge is 0.392 e. The quantitative estimate of drug-likeness (QED) is 0.906. The van der Waals surface area contributed by atoms with Crippen LogP contribution >= 0.6 is 11.6 Å². The van der Waals surface area contributed by atoms with Crippen molar-refractivity contribution in [2.45, 2.75) is 18.4 Å². The fourth-order valence-corrected chi connectivity index (χ4v) is 2.98. The van der Waals surface area contributed by atoms with E-state index in [4.69, 9.17) is 11.6 Å². The number of benzene rings is 2. The SMILES string of the molecule is Cc1ccc(S(=O)(=O)Nc2ccc(Cl)c(F)c2)cc1CO. The molecule has 2 rings (SSSR count). The van der Waals surface area contributed by atoms with Crippen molar-refractivity contribution in [3.8, 4) is 0 Å². The van der Waals surface area contributed by atoms with Gasteiger partial charge in [-0.3, -0.25) is 4.72 Å². The second-order valence-corrected chi connectivity index (χ2v) is 6.57. The maximum atomic E-state index is 13.3. The van der Waals surface area contributed by atoms with Crippen LogP contribution in [0.5, 0.6) is 0 Å². The summed E-state index contributed by atoms with van der Waals surface area (Å²) in [5.74, 6) is -0.711. The third kappa shape index (κ3) is 3.53. The molecule has 0 spiro atoms. The first kappa shape index (κ1) is 15.8. The molecule has 0 fully saturated rings. The van der Waals surface area contributed by atoms with Gasteiger partial charge < -0.3 is 5.11 Å². The Bertz CT molecular complexity index is 778. The van der Waals surface area contributed by atoms with Crippen LogP contribution in [0.1, 0.15) is 11.1 Å². The highest BCUT2D eigenvalue weighted by atomic mass is 35.5. The monoisotopic (exact) mass is 329 g/mol. The first-order valence-corrected chi connectivity index (χ1v) is 7.88. The first-order valence-electron chi connectivity index (χ1n) is 6.02. The van der Waals surface area contributed by atoms with Gasteiger partial charge in [0, 0.05) is 0 Å². The Morgan fingerprint density at radius 3 is 2.57 bits per heavy atom. The Hall–Kier alpha value is -1.63. The molecule has 0 aliphatic carbocycles. The van der Waals surface area contributed by atoms with E-state index in [1.807, 2.05) is 0 Å². The van der Waals surface area contributed by atoms with E-state index in [2.05, 4.69) is 4.72 Å². The van der Waals surface area contributed by atoms with Crippen LogP contribution in [0.15, 0.2) is 41.3 Å². The maximum absolute atomic E-state index is 13.3. The highest BCUT2D eigenvalue weighted by Crippen LogP contribution is 2.22. The van der Waals surface area contributed by atoms with E-state index in [0.717, 1.165) is 11.6 Å². The molecule has 112 valence electrons. The van der Waals surface area contributed by atoms with E-state index >= 15 is 0 Å². The molecule has 0 aliphatic heterocycles. The van der Waals surface area contributed by atoms with E-state index < -0.39 is 15.8 Å². The number of aryl methyl sites for hydroxylation is 1. The van der Waals surface area contributed by atoms with Crippen molar-refractivity contribution >= 4 is 27.3 Å². The smallest absolute Gasteiger partial charge is 0.261 e. The lowest BCUT2D eigenvalue weighted by Gasteiger charge is -2.10. The van der Waals surface area contributed by atoms with E-state index in [1.165, 1.54) is 24.3 Å². The summed E-state index contributed by atoms with van der Waals surface area (Å²) in [7, 11) is -3.86. The average Bonchev–Trinajstić information content (AvgIpc) is 2.43. The van der Waals surface area contributed by atoms with Crippen LogP contribution in [0.25, 0.3) is 0 Å². The second kappa shape index (κ2) is 6.01. The van der Waals surface area contributed by atoms with Crippen molar-refractivity contribution in [2.24, 2.45) is 0 Å². The third-order valence-electron chi connectivity index (χ3n) is 2.97. The number of halogens is 2. The predicted octanol–water partition coefficient (Wildman–Crippen LogP) is 3.08. The van der Waals surface area contributed by atoms with Gasteiger partial charge in [-0.15, -0.1) is 0 Å². The highest BCUT2D eigenvalue weighted by Gasteiger charge is 2.16. The lowest BCUT2D eigenvalue weighted by molar-refractivity contribution is 0.281. The van der Waals surface area contributed by atoms with Crippen molar-refractivity contribution in [1.82, 2.24) is 0 Å². The van der Waals surface area contributed by atoms with Gasteiger partial charge in [-0.25, -0.2) is 12.8 Å². The van der Waals surface area contributed by atoms with Gasteiger partial charge >= 0.3 is 0 Å². The third-order valence-corrected chi connectivity index (χ3v) is 4.66. The Morgan fingerprint density at radius 2 is 1.95 bits per heavy atom. The fraction of sp³-hybridized carbons (Fsp3) is 0.143. The van der Waals surface area contributed by atoms with Crippen LogP contribution in [-0.4, -0.2) is 13.5 Å². The number of hydrogen-bond donors (Lipinski definition) is 2. The van der Waals surface area contributed by atoms with Gasteiger partial charge in [-0.2, -0.15) is 0 Å². The van der Waals surface area contributed by atoms with Gasteiger partial charge in [-0.1, -0.05) is 17.7 Å². The summed E-state index contributed by atoms with van der Waals surface area (Å²) >= 11 is 5.55. The molecule has 0 radical (unpaired) electrons. The van der Waals surface area contributed by atoms with Crippen LogP contribution in [0.4, 0.5) is 10.1 Å². The van der Waals surface area contributed by atoms with Crippen LogP contribution in [0.2, 0.25) is 5.02 Å². The van der Waals surface area contributed by atoms with Gasteiger partial charge in [-0.05, 0) is 48.4 Å². The van der Waals surface area contributed by atoms with Gasteiger partial charge in [0.25, 0.3) is 10.0 Å². The molecule has 2 aromatic carbocycles. The molecule has 2 aromatic rings. The van der Waals surface area contributed by atoms with Crippen molar-refractivity contribution < 1.29 is 17.9 Å². The van der Waals surface area contributed by atoms with Gasteiger partial charge in [0.2, 0.25) is 0 Å². The van der Waals surface area contributed by atoms with Crippen molar-refractivity contribution in [3.63, 3.8) is 0 Å². The molecule has 0 unspecified atom stereocenters. The Labute approximate surface area is 127 Å². The molecule has 0 heterocycles. The Morgan fingerprint density at radius 1 is 1.24 bits per heavy atom. The van der Waals surface area contributed by atoms with Crippen LogP contribution in [0, 0.1) is 12.7 Å². The molecule has 0 bridgehead atoms. The highest BCUT2D eigenvalue weighted by molar-refractivity contribution is 7.92. The summed E-state index contributed by atoms with van der Waals surface area (Å²) in [6, 6.07) is 8.03.